The molecule has 2 aromatic carbocycles. The van der Waals surface area contributed by atoms with Crippen LogP contribution in [0.15, 0.2) is 42.5 Å². The molecular weight excluding hydrogens is 472 g/mol. The highest BCUT2D eigenvalue weighted by molar-refractivity contribution is 5.90. The van der Waals surface area contributed by atoms with E-state index >= 15 is 0 Å². The van der Waals surface area contributed by atoms with Crippen LogP contribution in [0.3, 0.4) is 0 Å². The van der Waals surface area contributed by atoms with Gasteiger partial charge in [0.15, 0.2) is 0 Å². The van der Waals surface area contributed by atoms with Crippen LogP contribution in [0.1, 0.15) is 98.3 Å². The Balaban J connectivity index is 1.39. The fraction of sp³-hybridized carbons (Fsp3) is 0.559. The van der Waals surface area contributed by atoms with Crippen molar-refractivity contribution < 1.29 is 19.0 Å². The van der Waals surface area contributed by atoms with E-state index in [1.165, 1.54) is 55.2 Å². The molecule has 0 amide bonds. The molecule has 4 nitrogen and oxygen atoms in total. The van der Waals surface area contributed by atoms with Crippen molar-refractivity contribution in [1.82, 2.24) is 0 Å². The summed E-state index contributed by atoms with van der Waals surface area (Å²) < 4.78 is 16.2. The molecule has 4 aliphatic carbocycles. The average molecular weight is 517 g/mol. The van der Waals surface area contributed by atoms with E-state index in [0.29, 0.717) is 31.0 Å². The first-order valence-corrected chi connectivity index (χ1v) is 14.7. The van der Waals surface area contributed by atoms with Gasteiger partial charge in [-0.15, -0.1) is 0 Å². The highest BCUT2D eigenvalue weighted by atomic mass is 16.7. The van der Waals surface area contributed by atoms with Gasteiger partial charge in [-0.2, -0.15) is 0 Å². The van der Waals surface area contributed by atoms with Crippen molar-refractivity contribution in [3.8, 4) is 0 Å². The summed E-state index contributed by atoms with van der Waals surface area (Å²) in [7, 11) is 0. The molecule has 0 atom stereocenters. The van der Waals surface area contributed by atoms with Crippen LogP contribution in [-0.4, -0.2) is 32.6 Å². The maximum absolute atomic E-state index is 12.0. The second-order valence-corrected chi connectivity index (χ2v) is 11.9. The number of carbonyl (C=O) groups excluding carboxylic acids is 1. The van der Waals surface area contributed by atoms with Crippen LogP contribution in [0, 0.1) is 17.8 Å². The molecule has 0 spiro atoms. The highest BCUT2D eigenvalue weighted by Crippen LogP contribution is 2.61. The van der Waals surface area contributed by atoms with E-state index in [0.717, 1.165) is 42.8 Å². The molecule has 6 rings (SSSR count). The Morgan fingerprint density at radius 1 is 0.895 bits per heavy atom. The van der Waals surface area contributed by atoms with Gasteiger partial charge in [0.1, 0.15) is 6.79 Å². The van der Waals surface area contributed by atoms with E-state index in [9.17, 15) is 4.79 Å². The van der Waals surface area contributed by atoms with Gasteiger partial charge in [0, 0.05) is 13.2 Å². The van der Waals surface area contributed by atoms with Crippen molar-refractivity contribution >= 4 is 17.6 Å². The Morgan fingerprint density at radius 2 is 1.55 bits per heavy atom. The molecule has 4 saturated carbocycles. The Hall–Kier alpha value is -2.43. The molecule has 0 aliphatic heterocycles. The molecule has 2 aromatic rings. The van der Waals surface area contributed by atoms with Crippen molar-refractivity contribution in [2.75, 3.05) is 26.6 Å². The van der Waals surface area contributed by atoms with Crippen molar-refractivity contribution in [1.29, 1.82) is 0 Å². The second kappa shape index (κ2) is 12.2. The lowest BCUT2D eigenvalue weighted by atomic mass is 9.47. The average Bonchev–Trinajstić information content (AvgIpc) is 2.90. The second-order valence-electron chi connectivity index (χ2n) is 11.9. The number of esters is 1. The fourth-order valence-electron chi connectivity index (χ4n) is 7.80. The van der Waals surface area contributed by atoms with E-state index in [1.807, 2.05) is 38.1 Å². The number of benzene rings is 2. The zero-order valence-electron chi connectivity index (χ0n) is 23.5. The molecule has 204 valence electrons. The van der Waals surface area contributed by atoms with E-state index < -0.39 is 0 Å². The van der Waals surface area contributed by atoms with Crippen molar-refractivity contribution in [2.24, 2.45) is 17.8 Å². The van der Waals surface area contributed by atoms with Gasteiger partial charge in [-0.1, -0.05) is 36.4 Å². The number of ether oxygens (including phenoxy) is 3. The predicted octanol–water partition coefficient (Wildman–Crippen LogP) is 7.83. The summed E-state index contributed by atoms with van der Waals surface area (Å²) in [5, 5.41) is 0. The molecule has 4 heteroatoms. The number of rotatable bonds is 12. The third-order valence-electron chi connectivity index (χ3n) is 9.09. The fourth-order valence-corrected chi connectivity index (χ4v) is 7.80. The maximum Gasteiger partial charge on any atom is 0.338 e. The van der Waals surface area contributed by atoms with Crippen LogP contribution in [0.25, 0.3) is 11.6 Å². The summed E-state index contributed by atoms with van der Waals surface area (Å²) in [6, 6.07) is 15.0. The highest BCUT2D eigenvalue weighted by Gasteiger charge is 2.52. The van der Waals surface area contributed by atoms with Crippen molar-refractivity contribution in [3.63, 3.8) is 0 Å². The minimum absolute atomic E-state index is 0.265. The van der Waals surface area contributed by atoms with E-state index in [4.69, 9.17) is 14.2 Å². The quantitative estimate of drug-likeness (QED) is 0.125. The normalized spacial score (nSPS) is 26.1. The van der Waals surface area contributed by atoms with Crippen molar-refractivity contribution in [3.05, 3.63) is 70.3 Å². The van der Waals surface area contributed by atoms with Gasteiger partial charge in [0.25, 0.3) is 0 Å². The van der Waals surface area contributed by atoms with Gasteiger partial charge >= 0.3 is 5.97 Å². The smallest absolute Gasteiger partial charge is 0.338 e. The summed E-state index contributed by atoms with van der Waals surface area (Å²) in [6.45, 7) is 8.25. The minimum Gasteiger partial charge on any atom is -0.462 e. The van der Waals surface area contributed by atoms with Gasteiger partial charge in [0.2, 0.25) is 0 Å². The standard InChI is InChI=1S/C34H44O4/c1-4-36-23-37-14-6-7-29-12-13-31(24(3)15-25-8-10-30(11-9-25)33(35)38-5-2)19-32(29)34-20-26-16-27(21-34)18-28(17-26)22-34/h8-13,15,19,26-28H,4-7,14,16-18,20-23H2,1-3H3/b24-15+. The van der Waals surface area contributed by atoms with Gasteiger partial charge in [-0.3, -0.25) is 0 Å². The molecule has 4 fully saturated rings. The third-order valence-corrected chi connectivity index (χ3v) is 9.09. The number of hydrogen-bond acceptors (Lipinski definition) is 4. The molecule has 0 saturated heterocycles. The lowest BCUT2D eigenvalue weighted by Gasteiger charge is -2.57. The zero-order valence-corrected chi connectivity index (χ0v) is 23.5. The number of carbonyl (C=O) groups is 1. The molecule has 4 aliphatic rings. The maximum atomic E-state index is 12.0. The minimum atomic E-state index is -0.265. The van der Waals surface area contributed by atoms with Gasteiger partial charge < -0.3 is 14.2 Å². The molecule has 0 N–H and O–H groups in total. The van der Waals surface area contributed by atoms with Gasteiger partial charge in [-0.05, 0) is 135 Å². The lowest BCUT2D eigenvalue weighted by Crippen LogP contribution is -2.49. The predicted molar refractivity (Wildman–Crippen MR) is 153 cm³/mol. The van der Waals surface area contributed by atoms with Crippen LogP contribution in [0.5, 0.6) is 0 Å². The summed E-state index contributed by atoms with van der Waals surface area (Å²) in [5.74, 6) is 2.49. The van der Waals surface area contributed by atoms with E-state index in [-0.39, 0.29) is 5.97 Å². The Labute approximate surface area is 228 Å². The van der Waals surface area contributed by atoms with Gasteiger partial charge in [0.05, 0.1) is 12.2 Å². The Bertz CT molecular complexity index is 1090. The number of hydrogen-bond donors (Lipinski definition) is 0. The molecule has 38 heavy (non-hydrogen) atoms. The third kappa shape index (κ3) is 6.07. The lowest BCUT2D eigenvalue weighted by molar-refractivity contribution is -0.0498. The molecule has 0 heterocycles. The van der Waals surface area contributed by atoms with Crippen LogP contribution < -0.4 is 0 Å². The van der Waals surface area contributed by atoms with E-state index in [1.54, 1.807) is 5.56 Å². The molecule has 0 aromatic heterocycles. The Morgan fingerprint density at radius 3 is 2.18 bits per heavy atom. The number of allylic oxidation sites excluding steroid dienone is 1. The van der Waals surface area contributed by atoms with Crippen LogP contribution >= 0.6 is 0 Å². The summed E-state index contributed by atoms with van der Waals surface area (Å²) >= 11 is 0. The zero-order chi connectivity index (χ0) is 26.5. The van der Waals surface area contributed by atoms with E-state index in [2.05, 4.69) is 31.2 Å². The molecule has 0 radical (unpaired) electrons. The SMILES string of the molecule is CCOCOCCCc1ccc(/C(C)=C/c2ccc(C(=O)OCC)cc2)cc1C12CC3CC(CC(C3)C1)C2. The number of aryl methyl sites for hydroxylation is 1. The van der Waals surface area contributed by atoms with Crippen LogP contribution in [0.4, 0.5) is 0 Å². The monoisotopic (exact) mass is 516 g/mol. The van der Waals surface area contributed by atoms with Crippen molar-refractivity contribution in [2.45, 2.75) is 77.6 Å². The first-order chi connectivity index (χ1) is 18.5. The molecule has 4 bridgehead atoms. The van der Waals surface area contributed by atoms with Crippen LogP contribution in [0.2, 0.25) is 0 Å². The topological polar surface area (TPSA) is 44.8 Å². The Kier molecular flexibility index (Phi) is 8.70. The first kappa shape index (κ1) is 27.1. The molecule has 0 unspecified atom stereocenters. The van der Waals surface area contributed by atoms with Crippen LogP contribution in [-0.2, 0) is 26.0 Å². The summed E-state index contributed by atoms with van der Waals surface area (Å²) in [5.41, 5.74) is 7.75. The summed E-state index contributed by atoms with van der Waals surface area (Å²) in [4.78, 5) is 12.0. The van der Waals surface area contributed by atoms with Gasteiger partial charge in [-0.25, -0.2) is 4.79 Å². The largest absolute Gasteiger partial charge is 0.462 e. The summed E-state index contributed by atoms with van der Waals surface area (Å²) in [6.07, 6.45) is 12.8. The first-order valence-electron chi connectivity index (χ1n) is 14.7. The molecular formula is C34H44O4.